The van der Waals surface area contributed by atoms with Crippen LogP contribution in [0.25, 0.3) is 0 Å². The van der Waals surface area contributed by atoms with E-state index in [9.17, 15) is 17.9 Å². The maximum absolute atomic E-state index is 13.8. The zero-order valence-corrected chi connectivity index (χ0v) is 11.2. The van der Waals surface area contributed by atoms with Gasteiger partial charge >= 0.3 is 0 Å². The average Bonchev–Trinajstić information content (AvgIpc) is 2.32. The van der Waals surface area contributed by atoms with E-state index in [1.165, 1.54) is 12.3 Å². The number of hydrogen-bond donors (Lipinski definition) is 1. The van der Waals surface area contributed by atoms with Gasteiger partial charge in [0.15, 0.2) is 9.84 Å². The first-order valence-corrected chi connectivity index (χ1v) is 8.09. The van der Waals surface area contributed by atoms with Gasteiger partial charge in [-0.25, -0.2) is 12.8 Å². The largest absolute Gasteiger partial charge is 0.385 e. The maximum atomic E-state index is 13.8. The van der Waals surface area contributed by atoms with Gasteiger partial charge in [-0.1, -0.05) is 6.42 Å². The van der Waals surface area contributed by atoms with Crippen molar-refractivity contribution in [3.05, 3.63) is 29.8 Å². The molecule has 0 aliphatic carbocycles. The molecule has 104 valence electrons. The number of rotatable bonds is 1. The molecular weight excluding hydrogens is 269 g/mol. The molecule has 0 amide bonds. The third-order valence-electron chi connectivity index (χ3n) is 4.39. The molecule has 2 aliphatic rings. The van der Waals surface area contributed by atoms with E-state index < -0.39 is 31.8 Å². The molecule has 0 aromatic carbocycles. The molecule has 3 rings (SSSR count). The van der Waals surface area contributed by atoms with Crippen molar-refractivity contribution in [1.82, 2.24) is 4.98 Å². The lowest BCUT2D eigenvalue weighted by Crippen LogP contribution is -2.50. The number of halogens is 1. The number of sulfone groups is 1. The molecule has 2 unspecified atom stereocenters. The van der Waals surface area contributed by atoms with Crippen molar-refractivity contribution in [3.8, 4) is 0 Å². The molecule has 6 heteroatoms. The van der Waals surface area contributed by atoms with Gasteiger partial charge in [0.1, 0.15) is 5.82 Å². The van der Waals surface area contributed by atoms with E-state index in [0.29, 0.717) is 12.8 Å². The molecule has 0 saturated carbocycles. The number of nitrogens with zero attached hydrogens (tertiary/aromatic N) is 1. The number of hydrogen-bond acceptors (Lipinski definition) is 4. The van der Waals surface area contributed by atoms with Crippen LogP contribution in [0.1, 0.15) is 37.7 Å². The minimum Gasteiger partial charge on any atom is -0.385 e. The Bertz CT molecular complexity index is 582. The molecule has 3 heterocycles. The Morgan fingerprint density at radius 3 is 2.53 bits per heavy atom. The van der Waals surface area contributed by atoms with Crippen LogP contribution < -0.4 is 0 Å². The number of fused-ring (bicyclic) bond motifs is 2. The van der Waals surface area contributed by atoms with Gasteiger partial charge in [-0.3, -0.25) is 4.98 Å². The first-order valence-electron chi connectivity index (χ1n) is 6.48. The highest BCUT2D eigenvalue weighted by molar-refractivity contribution is 7.92. The quantitative estimate of drug-likeness (QED) is 0.850. The molecule has 0 radical (unpaired) electrons. The van der Waals surface area contributed by atoms with Gasteiger partial charge in [0, 0.05) is 11.8 Å². The van der Waals surface area contributed by atoms with Gasteiger partial charge in [-0.15, -0.1) is 0 Å². The summed E-state index contributed by atoms with van der Waals surface area (Å²) in [5, 5.41) is 9.64. The lowest BCUT2D eigenvalue weighted by molar-refractivity contribution is 0.00175. The summed E-state index contributed by atoms with van der Waals surface area (Å²) >= 11 is 0. The normalized spacial score (nSPS) is 36.9. The van der Waals surface area contributed by atoms with Gasteiger partial charge in [0.05, 0.1) is 22.3 Å². The molecular formula is C13H16FNO3S. The predicted octanol–water partition coefficient (Wildman–Crippen LogP) is 1.54. The van der Waals surface area contributed by atoms with Crippen LogP contribution in [0.15, 0.2) is 18.5 Å². The second-order valence-electron chi connectivity index (χ2n) is 5.56. The van der Waals surface area contributed by atoms with Crippen molar-refractivity contribution in [3.63, 3.8) is 0 Å². The Morgan fingerprint density at radius 2 is 1.95 bits per heavy atom. The molecule has 4 nitrogen and oxygen atoms in total. The van der Waals surface area contributed by atoms with E-state index in [0.717, 1.165) is 12.6 Å². The Labute approximate surface area is 111 Å². The van der Waals surface area contributed by atoms with Gasteiger partial charge in [-0.2, -0.15) is 0 Å². The third-order valence-corrected chi connectivity index (χ3v) is 7.05. The molecule has 1 aromatic heterocycles. The van der Waals surface area contributed by atoms with E-state index in [2.05, 4.69) is 4.98 Å². The van der Waals surface area contributed by atoms with Gasteiger partial charge in [0.2, 0.25) is 0 Å². The molecule has 2 bridgehead atoms. The van der Waals surface area contributed by atoms with Crippen LogP contribution in [0.4, 0.5) is 4.39 Å². The van der Waals surface area contributed by atoms with Crippen LogP contribution in [0.5, 0.6) is 0 Å². The minimum absolute atomic E-state index is 0.0900. The van der Waals surface area contributed by atoms with E-state index in [4.69, 9.17) is 0 Å². The summed E-state index contributed by atoms with van der Waals surface area (Å²) in [6.45, 7) is 0. The van der Waals surface area contributed by atoms with E-state index in [1.54, 1.807) is 0 Å². The van der Waals surface area contributed by atoms with Crippen LogP contribution in [0.3, 0.4) is 0 Å². The monoisotopic (exact) mass is 285 g/mol. The Balaban J connectivity index is 2.02. The predicted molar refractivity (Wildman–Crippen MR) is 67.7 cm³/mol. The third kappa shape index (κ3) is 1.97. The van der Waals surface area contributed by atoms with Crippen molar-refractivity contribution in [1.29, 1.82) is 0 Å². The van der Waals surface area contributed by atoms with Gasteiger partial charge < -0.3 is 5.11 Å². The van der Waals surface area contributed by atoms with Gasteiger partial charge in [0.25, 0.3) is 0 Å². The summed E-state index contributed by atoms with van der Waals surface area (Å²) < 4.78 is 38.2. The zero-order valence-electron chi connectivity index (χ0n) is 10.4. The number of aromatic nitrogens is 1. The molecule has 1 N–H and O–H groups in total. The van der Waals surface area contributed by atoms with Gasteiger partial charge in [-0.05, 0) is 31.7 Å². The smallest absolute Gasteiger partial charge is 0.156 e. The summed E-state index contributed by atoms with van der Waals surface area (Å²) in [6, 6.07) is 1.45. The second-order valence-corrected chi connectivity index (χ2v) is 8.07. The fourth-order valence-electron chi connectivity index (χ4n) is 3.42. The van der Waals surface area contributed by atoms with E-state index in [1.807, 2.05) is 0 Å². The minimum atomic E-state index is -3.16. The summed E-state index contributed by atoms with van der Waals surface area (Å²) in [5.74, 6) is -0.567. The highest BCUT2D eigenvalue weighted by Crippen LogP contribution is 2.46. The Hall–Kier alpha value is -1.01. The SMILES string of the molecule is O=S1(=O)C2CCCC1CC(O)(c1ccncc1F)C2. The molecule has 19 heavy (non-hydrogen) atoms. The molecule has 2 aliphatic heterocycles. The van der Waals surface area contributed by atoms with Crippen molar-refractivity contribution >= 4 is 9.84 Å². The topological polar surface area (TPSA) is 67.3 Å². The number of pyridine rings is 1. The molecule has 1 aromatic rings. The number of aliphatic hydroxyl groups is 1. The summed E-state index contributed by atoms with van der Waals surface area (Å²) in [6.07, 6.45) is 4.66. The summed E-state index contributed by atoms with van der Waals surface area (Å²) in [5.41, 5.74) is -1.21. The fourth-order valence-corrected chi connectivity index (χ4v) is 5.97. The van der Waals surface area contributed by atoms with Crippen LogP contribution in [-0.4, -0.2) is 29.0 Å². The highest BCUT2D eigenvalue weighted by atomic mass is 32.2. The molecule has 2 atom stereocenters. The van der Waals surface area contributed by atoms with Crippen LogP contribution in [-0.2, 0) is 15.4 Å². The van der Waals surface area contributed by atoms with Crippen LogP contribution in [0, 0.1) is 5.82 Å². The first-order chi connectivity index (χ1) is 8.93. The van der Waals surface area contributed by atoms with Crippen LogP contribution >= 0.6 is 0 Å². The van der Waals surface area contributed by atoms with Crippen molar-refractivity contribution < 1.29 is 17.9 Å². The fraction of sp³-hybridized carbons (Fsp3) is 0.615. The lowest BCUT2D eigenvalue weighted by atomic mass is 9.80. The second kappa shape index (κ2) is 4.24. The maximum Gasteiger partial charge on any atom is 0.156 e. The summed E-state index contributed by atoms with van der Waals surface area (Å²) in [7, 11) is -3.16. The molecule has 2 saturated heterocycles. The molecule has 2 fully saturated rings. The zero-order chi connectivity index (χ0) is 13.7. The Kier molecular flexibility index (Phi) is 2.90. The molecule has 0 spiro atoms. The van der Waals surface area contributed by atoms with E-state index in [-0.39, 0.29) is 18.4 Å². The standard InChI is InChI=1S/C13H16FNO3S/c14-12-8-15-5-4-11(12)13(16)6-9-2-1-3-10(7-13)19(9,17)18/h4-5,8-10,16H,1-3,6-7H2. The van der Waals surface area contributed by atoms with Crippen molar-refractivity contribution in [2.45, 2.75) is 48.2 Å². The lowest BCUT2D eigenvalue weighted by Gasteiger charge is -2.44. The van der Waals surface area contributed by atoms with Crippen molar-refractivity contribution in [2.75, 3.05) is 0 Å². The highest BCUT2D eigenvalue weighted by Gasteiger charge is 2.51. The average molecular weight is 285 g/mol. The van der Waals surface area contributed by atoms with Crippen molar-refractivity contribution in [2.24, 2.45) is 0 Å². The summed E-state index contributed by atoms with van der Waals surface area (Å²) in [4.78, 5) is 3.67. The van der Waals surface area contributed by atoms with Crippen LogP contribution in [0.2, 0.25) is 0 Å². The van der Waals surface area contributed by atoms with E-state index >= 15 is 0 Å². The Morgan fingerprint density at radius 1 is 1.32 bits per heavy atom. The first kappa shape index (κ1) is 13.0.